The Labute approximate surface area is 200 Å². The van der Waals surface area contributed by atoms with Gasteiger partial charge >= 0.3 is 6.18 Å². The first-order valence-electron chi connectivity index (χ1n) is 11.1. The number of carbonyl (C=O) groups excluding carboxylic acids is 1. The second-order valence-corrected chi connectivity index (χ2v) is 7.96. The van der Waals surface area contributed by atoms with Gasteiger partial charge in [0.1, 0.15) is 0 Å². The Morgan fingerprint density at radius 3 is 2.54 bits per heavy atom. The van der Waals surface area contributed by atoms with Gasteiger partial charge in [0.05, 0.1) is 25.8 Å². The Morgan fingerprint density at radius 2 is 1.86 bits per heavy atom. The number of benzene rings is 2. The summed E-state index contributed by atoms with van der Waals surface area (Å²) in [5.74, 6) is 1.39. The molecule has 1 aliphatic heterocycles. The van der Waals surface area contributed by atoms with Crippen molar-refractivity contribution >= 4 is 5.91 Å². The summed E-state index contributed by atoms with van der Waals surface area (Å²) in [6, 6.07) is 9.92. The first-order valence-corrected chi connectivity index (χ1v) is 11.1. The molecule has 1 amide bonds. The highest BCUT2D eigenvalue weighted by molar-refractivity contribution is 5.95. The molecule has 3 aromatic rings. The van der Waals surface area contributed by atoms with Crippen LogP contribution in [0.15, 0.2) is 47.0 Å². The van der Waals surface area contributed by atoms with E-state index in [4.69, 9.17) is 14.0 Å². The average Bonchev–Trinajstić information content (AvgIpc) is 3.32. The largest absolute Gasteiger partial charge is 0.493 e. The Hall–Kier alpha value is -3.60. The SMILES string of the molecule is CCOc1cc(C(=O)N2CCN(Cc3nc(-c4cccc(C(F)(F)F)c4)no3)CC2)ccc1OC. The van der Waals surface area contributed by atoms with E-state index in [1.807, 2.05) is 11.8 Å². The zero-order valence-electron chi connectivity index (χ0n) is 19.3. The topological polar surface area (TPSA) is 80.9 Å². The molecule has 2 heterocycles. The van der Waals surface area contributed by atoms with Crippen molar-refractivity contribution in [2.45, 2.75) is 19.6 Å². The summed E-state index contributed by atoms with van der Waals surface area (Å²) in [6.45, 7) is 4.83. The van der Waals surface area contributed by atoms with E-state index in [1.54, 1.807) is 30.2 Å². The van der Waals surface area contributed by atoms with Gasteiger partial charge in [0, 0.05) is 37.3 Å². The fourth-order valence-electron chi connectivity index (χ4n) is 3.83. The third-order valence-corrected chi connectivity index (χ3v) is 5.64. The van der Waals surface area contributed by atoms with Gasteiger partial charge in [0.2, 0.25) is 11.7 Å². The molecule has 0 aliphatic carbocycles. The summed E-state index contributed by atoms with van der Waals surface area (Å²) >= 11 is 0. The van der Waals surface area contributed by atoms with Gasteiger partial charge in [-0.1, -0.05) is 17.3 Å². The number of hydrogen-bond acceptors (Lipinski definition) is 7. The molecule has 35 heavy (non-hydrogen) atoms. The van der Waals surface area contributed by atoms with Crippen molar-refractivity contribution in [3.63, 3.8) is 0 Å². The van der Waals surface area contributed by atoms with E-state index in [2.05, 4.69) is 10.1 Å². The predicted molar refractivity (Wildman–Crippen MR) is 120 cm³/mol. The normalized spacial score (nSPS) is 14.7. The van der Waals surface area contributed by atoms with E-state index in [-0.39, 0.29) is 17.3 Å². The summed E-state index contributed by atoms with van der Waals surface area (Å²) in [5.41, 5.74) is -0.0196. The number of nitrogens with zero attached hydrogens (tertiary/aromatic N) is 4. The Balaban J connectivity index is 1.35. The lowest BCUT2D eigenvalue weighted by Gasteiger charge is -2.34. The predicted octanol–water partition coefficient (Wildman–Crippen LogP) is 4.12. The molecule has 0 atom stereocenters. The van der Waals surface area contributed by atoms with Crippen molar-refractivity contribution in [2.75, 3.05) is 39.9 Å². The third kappa shape index (κ3) is 5.73. The fourth-order valence-corrected chi connectivity index (χ4v) is 3.83. The van der Waals surface area contributed by atoms with E-state index in [9.17, 15) is 18.0 Å². The maximum Gasteiger partial charge on any atom is 0.416 e. The number of methoxy groups -OCH3 is 1. The molecule has 0 spiro atoms. The van der Waals surface area contributed by atoms with Crippen LogP contribution in [-0.2, 0) is 12.7 Å². The number of carbonyl (C=O) groups is 1. The second kappa shape index (κ2) is 10.3. The van der Waals surface area contributed by atoms with Crippen molar-refractivity contribution in [1.29, 1.82) is 0 Å². The highest BCUT2D eigenvalue weighted by Crippen LogP contribution is 2.32. The number of piperazine rings is 1. The summed E-state index contributed by atoms with van der Waals surface area (Å²) in [7, 11) is 1.55. The quantitative estimate of drug-likeness (QED) is 0.493. The summed E-state index contributed by atoms with van der Waals surface area (Å²) in [5, 5.41) is 3.83. The number of rotatable bonds is 7. The maximum absolute atomic E-state index is 13.0. The number of hydrogen-bond donors (Lipinski definition) is 0. The van der Waals surface area contributed by atoms with Crippen LogP contribution in [0.1, 0.15) is 28.7 Å². The van der Waals surface area contributed by atoms with E-state index in [1.165, 1.54) is 12.1 Å². The van der Waals surface area contributed by atoms with Crippen molar-refractivity contribution in [3.8, 4) is 22.9 Å². The molecule has 1 saturated heterocycles. The number of alkyl halides is 3. The smallest absolute Gasteiger partial charge is 0.416 e. The van der Waals surface area contributed by atoms with Gasteiger partial charge in [-0.3, -0.25) is 9.69 Å². The Morgan fingerprint density at radius 1 is 1.09 bits per heavy atom. The molecule has 11 heteroatoms. The van der Waals surface area contributed by atoms with Gasteiger partial charge in [-0.05, 0) is 37.3 Å². The van der Waals surface area contributed by atoms with Crippen molar-refractivity contribution < 1.29 is 32.0 Å². The molecule has 0 saturated carbocycles. The molecule has 1 aromatic heterocycles. The van der Waals surface area contributed by atoms with Crippen LogP contribution in [0.25, 0.3) is 11.4 Å². The third-order valence-electron chi connectivity index (χ3n) is 5.64. The second-order valence-electron chi connectivity index (χ2n) is 7.96. The lowest BCUT2D eigenvalue weighted by atomic mass is 10.1. The number of aromatic nitrogens is 2. The van der Waals surface area contributed by atoms with Gasteiger partial charge in [0.15, 0.2) is 11.5 Å². The van der Waals surface area contributed by atoms with Crippen molar-refractivity contribution in [2.24, 2.45) is 0 Å². The molecule has 2 aromatic carbocycles. The van der Waals surface area contributed by atoms with Crippen molar-refractivity contribution in [3.05, 3.63) is 59.5 Å². The average molecular weight is 490 g/mol. The van der Waals surface area contributed by atoms with Gasteiger partial charge in [-0.15, -0.1) is 0 Å². The number of halogens is 3. The minimum absolute atomic E-state index is 0.0992. The number of ether oxygens (including phenoxy) is 2. The van der Waals surface area contributed by atoms with Crippen molar-refractivity contribution in [1.82, 2.24) is 19.9 Å². The summed E-state index contributed by atoms with van der Waals surface area (Å²) in [6.07, 6.45) is -4.45. The van der Waals surface area contributed by atoms with Crippen LogP contribution in [0.5, 0.6) is 11.5 Å². The van der Waals surface area contributed by atoms with Gasteiger partial charge in [-0.25, -0.2) is 0 Å². The van der Waals surface area contributed by atoms with Crippen LogP contribution in [0.4, 0.5) is 13.2 Å². The minimum Gasteiger partial charge on any atom is -0.493 e. The first-order chi connectivity index (χ1) is 16.8. The highest BCUT2D eigenvalue weighted by Gasteiger charge is 2.31. The fraction of sp³-hybridized carbons (Fsp3) is 0.375. The lowest BCUT2D eigenvalue weighted by molar-refractivity contribution is -0.137. The lowest BCUT2D eigenvalue weighted by Crippen LogP contribution is -2.48. The highest BCUT2D eigenvalue weighted by atomic mass is 19.4. The molecule has 0 N–H and O–H groups in total. The van der Waals surface area contributed by atoms with Gasteiger partial charge in [0.25, 0.3) is 5.91 Å². The minimum atomic E-state index is -4.45. The number of amides is 1. The molecule has 1 aliphatic rings. The molecule has 186 valence electrons. The standard InChI is InChI=1S/C24H25F3N4O4/c1-3-34-20-14-17(7-8-19(20)33-2)23(32)31-11-9-30(10-12-31)15-21-28-22(29-35-21)16-5-4-6-18(13-16)24(25,26)27/h4-8,13-14H,3,9-12,15H2,1-2H3. The van der Waals surface area contributed by atoms with E-state index in [0.717, 1.165) is 12.1 Å². The van der Waals surface area contributed by atoms with Gasteiger partial charge in [-0.2, -0.15) is 18.2 Å². The molecular weight excluding hydrogens is 465 g/mol. The maximum atomic E-state index is 13.0. The van der Waals surface area contributed by atoms with E-state index >= 15 is 0 Å². The first kappa shape index (κ1) is 24.5. The van der Waals surface area contributed by atoms with E-state index < -0.39 is 11.7 Å². The van der Waals surface area contributed by atoms with Crippen LogP contribution >= 0.6 is 0 Å². The molecule has 0 radical (unpaired) electrons. The van der Waals surface area contributed by atoms with Crippen LogP contribution in [0.3, 0.4) is 0 Å². The van der Waals surface area contributed by atoms with E-state index in [0.29, 0.717) is 62.3 Å². The Bertz CT molecular complexity index is 1170. The molecule has 0 bridgehead atoms. The molecule has 1 fully saturated rings. The molecule has 0 unspecified atom stereocenters. The summed E-state index contributed by atoms with van der Waals surface area (Å²) < 4.78 is 55.0. The zero-order chi connectivity index (χ0) is 25.0. The van der Waals surface area contributed by atoms with Crippen LogP contribution < -0.4 is 9.47 Å². The Kier molecular flexibility index (Phi) is 7.25. The van der Waals surface area contributed by atoms with Crippen LogP contribution in [0.2, 0.25) is 0 Å². The van der Waals surface area contributed by atoms with Crippen LogP contribution in [0, 0.1) is 0 Å². The molecule has 4 rings (SSSR count). The zero-order valence-corrected chi connectivity index (χ0v) is 19.3. The monoisotopic (exact) mass is 490 g/mol. The molecular formula is C24H25F3N4O4. The van der Waals surface area contributed by atoms with Crippen LogP contribution in [-0.4, -0.2) is 65.7 Å². The summed E-state index contributed by atoms with van der Waals surface area (Å²) in [4.78, 5) is 21.0. The molecule has 8 nitrogen and oxygen atoms in total. The van der Waals surface area contributed by atoms with Gasteiger partial charge < -0.3 is 18.9 Å².